The van der Waals surface area contributed by atoms with Crippen LogP contribution in [0.2, 0.25) is 0 Å². The van der Waals surface area contributed by atoms with Crippen LogP contribution in [-0.2, 0) is 20.8 Å². The lowest BCUT2D eigenvalue weighted by molar-refractivity contribution is -0.134. The number of carbonyl (C=O) groups excluding carboxylic acids is 3. The Labute approximate surface area is 193 Å². The van der Waals surface area contributed by atoms with Gasteiger partial charge in [0.25, 0.3) is 0 Å². The second-order valence-corrected chi connectivity index (χ2v) is 9.45. The summed E-state index contributed by atoms with van der Waals surface area (Å²) in [6.07, 6.45) is 1.23. The van der Waals surface area contributed by atoms with Crippen LogP contribution in [0.4, 0.5) is 5.13 Å². The van der Waals surface area contributed by atoms with Gasteiger partial charge < -0.3 is 15.5 Å². The molecule has 0 unspecified atom stereocenters. The maximum atomic E-state index is 13.0. The summed E-state index contributed by atoms with van der Waals surface area (Å²) in [5.74, 6) is -0.490. The van der Waals surface area contributed by atoms with E-state index < -0.39 is 6.04 Å². The molecule has 8 nitrogen and oxygen atoms in total. The number of nitrogens with zero attached hydrogens (tertiary/aromatic N) is 3. The smallest absolute Gasteiger partial charge is 0.240 e. The van der Waals surface area contributed by atoms with Crippen molar-refractivity contribution in [2.75, 3.05) is 26.0 Å². The molecule has 3 atom stereocenters. The van der Waals surface area contributed by atoms with Crippen molar-refractivity contribution in [1.29, 1.82) is 0 Å². The topological polar surface area (TPSA) is 94.6 Å². The minimum Gasteiger partial charge on any atom is -0.352 e. The van der Waals surface area contributed by atoms with Gasteiger partial charge in [-0.15, -0.1) is 11.3 Å². The third kappa shape index (κ3) is 5.34. The van der Waals surface area contributed by atoms with Crippen LogP contribution in [0.5, 0.6) is 0 Å². The van der Waals surface area contributed by atoms with E-state index in [0.717, 1.165) is 22.6 Å². The molecule has 1 aliphatic heterocycles. The first-order chi connectivity index (χ1) is 15.2. The molecular weight excluding hydrogens is 426 g/mol. The summed E-state index contributed by atoms with van der Waals surface area (Å²) >= 11 is 1.45. The van der Waals surface area contributed by atoms with Crippen molar-refractivity contribution in [2.45, 2.75) is 51.7 Å². The van der Waals surface area contributed by atoms with Crippen molar-refractivity contribution in [2.24, 2.45) is 0 Å². The molecule has 0 radical (unpaired) electrons. The van der Waals surface area contributed by atoms with Crippen LogP contribution in [0.3, 0.4) is 0 Å². The minimum atomic E-state index is -0.526. The van der Waals surface area contributed by atoms with E-state index in [9.17, 15) is 14.4 Å². The van der Waals surface area contributed by atoms with Gasteiger partial charge in [0.2, 0.25) is 17.7 Å². The molecule has 0 spiro atoms. The molecule has 1 aromatic carbocycles. The number of aryl methyl sites for hydroxylation is 2. The van der Waals surface area contributed by atoms with Crippen molar-refractivity contribution < 1.29 is 14.4 Å². The number of hydrogen-bond donors (Lipinski definition) is 2. The fourth-order valence-electron chi connectivity index (χ4n) is 4.29. The molecule has 0 bridgehead atoms. The van der Waals surface area contributed by atoms with Gasteiger partial charge in [0.05, 0.1) is 30.4 Å². The second-order valence-electron chi connectivity index (χ2n) is 8.24. The molecule has 3 rings (SSSR count). The average Bonchev–Trinajstić information content (AvgIpc) is 3.26. The van der Waals surface area contributed by atoms with Gasteiger partial charge in [-0.1, -0.05) is 37.3 Å². The molecule has 9 heteroatoms. The lowest BCUT2D eigenvalue weighted by Gasteiger charge is -2.31. The maximum Gasteiger partial charge on any atom is 0.240 e. The predicted molar refractivity (Wildman–Crippen MR) is 125 cm³/mol. The predicted octanol–water partition coefficient (Wildman–Crippen LogP) is 2.36. The molecule has 1 aromatic heterocycles. The molecule has 0 saturated carbocycles. The third-order valence-electron chi connectivity index (χ3n) is 5.67. The standard InChI is InChI=1S/C23H31N5O3S/c1-6-17-14(2)32-23(25-17)26-20(30)13-28-19(22(31)27(4)5)12-18(24-15(3)29)21(28)16-10-8-7-9-11-16/h7-11,18-19,21H,6,12-13H2,1-5H3,(H,24,29)(H,25,26,30)/t18-,19-,21-/m0/s1. The van der Waals surface area contributed by atoms with Gasteiger partial charge in [-0.3, -0.25) is 19.3 Å². The quantitative estimate of drug-likeness (QED) is 0.666. The van der Waals surface area contributed by atoms with Crippen molar-refractivity contribution >= 4 is 34.2 Å². The number of carbonyl (C=O) groups is 3. The van der Waals surface area contributed by atoms with Crippen LogP contribution in [0.1, 0.15) is 42.4 Å². The number of likely N-dealkylation sites (tertiary alicyclic amines) is 1. The zero-order valence-electron chi connectivity index (χ0n) is 19.2. The van der Waals surface area contributed by atoms with E-state index in [1.807, 2.05) is 49.1 Å². The Morgan fingerprint density at radius 2 is 1.91 bits per heavy atom. The first kappa shape index (κ1) is 23.9. The van der Waals surface area contributed by atoms with E-state index in [1.54, 1.807) is 14.1 Å². The van der Waals surface area contributed by atoms with Crippen LogP contribution in [-0.4, -0.2) is 65.2 Å². The summed E-state index contributed by atoms with van der Waals surface area (Å²) in [5, 5.41) is 6.45. The van der Waals surface area contributed by atoms with Gasteiger partial charge in [0.1, 0.15) is 0 Å². The number of rotatable bonds is 7. The number of benzene rings is 1. The van der Waals surface area contributed by atoms with Crippen LogP contribution < -0.4 is 10.6 Å². The average molecular weight is 458 g/mol. The number of thiazole rings is 1. The summed E-state index contributed by atoms with van der Waals surface area (Å²) in [6, 6.07) is 8.57. The van der Waals surface area contributed by atoms with Crippen molar-refractivity contribution in [3.05, 3.63) is 46.5 Å². The summed E-state index contributed by atoms with van der Waals surface area (Å²) in [6.45, 7) is 5.50. The zero-order valence-corrected chi connectivity index (χ0v) is 20.0. The number of amides is 3. The molecule has 3 amide bonds. The Balaban J connectivity index is 1.90. The van der Waals surface area contributed by atoms with Crippen LogP contribution in [0.25, 0.3) is 0 Å². The van der Waals surface area contributed by atoms with E-state index in [2.05, 4.69) is 15.6 Å². The molecule has 172 valence electrons. The van der Waals surface area contributed by atoms with E-state index in [4.69, 9.17) is 0 Å². The molecule has 32 heavy (non-hydrogen) atoms. The molecule has 2 heterocycles. The van der Waals surface area contributed by atoms with Crippen molar-refractivity contribution in [3.63, 3.8) is 0 Å². The fourth-order valence-corrected chi connectivity index (χ4v) is 5.20. The van der Waals surface area contributed by atoms with Gasteiger partial charge in [-0.05, 0) is 25.3 Å². The Hall–Kier alpha value is -2.78. The summed E-state index contributed by atoms with van der Waals surface area (Å²) in [4.78, 5) is 47.0. The minimum absolute atomic E-state index is 0.0139. The van der Waals surface area contributed by atoms with Crippen molar-refractivity contribution in [1.82, 2.24) is 20.1 Å². The Morgan fingerprint density at radius 3 is 2.47 bits per heavy atom. The Kier molecular flexibility index (Phi) is 7.63. The largest absolute Gasteiger partial charge is 0.352 e. The number of likely N-dealkylation sites (N-methyl/N-ethyl adjacent to an activating group) is 1. The highest BCUT2D eigenvalue weighted by atomic mass is 32.1. The lowest BCUT2D eigenvalue weighted by atomic mass is 9.99. The number of anilines is 1. The molecule has 1 aliphatic rings. The van der Waals surface area contributed by atoms with Gasteiger partial charge in [0, 0.05) is 25.9 Å². The first-order valence-electron chi connectivity index (χ1n) is 10.8. The Bertz CT molecular complexity index is 975. The van der Waals surface area contributed by atoms with Gasteiger partial charge >= 0.3 is 0 Å². The summed E-state index contributed by atoms with van der Waals surface area (Å²) in [5.41, 5.74) is 1.92. The third-order valence-corrected chi connectivity index (χ3v) is 6.60. The normalized spacial score (nSPS) is 20.7. The van der Waals surface area contributed by atoms with Crippen molar-refractivity contribution in [3.8, 4) is 0 Å². The van der Waals surface area contributed by atoms with Crippen LogP contribution >= 0.6 is 11.3 Å². The SMILES string of the molecule is CCc1nc(NC(=O)CN2[C@H](C(=O)N(C)C)C[C@H](NC(C)=O)[C@@H]2c2ccccc2)sc1C. The monoisotopic (exact) mass is 457 g/mol. The van der Waals surface area contributed by atoms with E-state index in [0.29, 0.717) is 11.6 Å². The van der Waals surface area contributed by atoms with E-state index in [1.165, 1.54) is 23.2 Å². The fraction of sp³-hybridized carbons (Fsp3) is 0.478. The van der Waals surface area contributed by atoms with E-state index >= 15 is 0 Å². The highest BCUT2D eigenvalue weighted by Gasteiger charge is 2.46. The summed E-state index contributed by atoms with van der Waals surface area (Å²) in [7, 11) is 3.41. The maximum absolute atomic E-state index is 13.0. The second kappa shape index (κ2) is 10.2. The number of aromatic nitrogens is 1. The van der Waals surface area contributed by atoms with Gasteiger partial charge in [-0.25, -0.2) is 4.98 Å². The lowest BCUT2D eigenvalue weighted by Crippen LogP contribution is -2.46. The number of nitrogens with one attached hydrogen (secondary N) is 2. The highest BCUT2D eigenvalue weighted by Crippen LogP contribution is 2.37. The molecule has 0 aliphatic carbocycles. The molecule has 1 fully saturated rings. The van der Waals surface area contributed by atoms with Crippen LogP contribution in [0.15, 0.2) is 30.3 Å². The molecule has 2 N–H and O–H groups in total. The van der Waals surface area contributed by atoms with E-state index in [-0.39, 0.29) is 36.3 Å². The van der Waals surface area contributed by atoms with Gasteiger partial charge in [0.15, 0.2) is 5.13 Å². The first-order valence-corrected chi connectivity index (χ1v) is 11.6. The molecule has 1 saturated heterocycles. The summed E-state index contributed by atoms with van der Waals surface area (Å²) < 4.78 is 0. The van der Waals surface area contributed by atoms with Gasteiger partial charge in [-0.2, -0.15) is 0 Å². The molecular formula is C23H31N5O3S. The molecule has 2 aromatic rings. The zero-order chi connectivity index (χ0) is 23.4. The number of hydrogen-bond acceptors (Lipinski definition) is 6. The van der Waals surface area contributed by atoms with Crippen LogP contribution in [0, 0.1) is 6.92 Å². The Morgan fingerprint density at radius 1 is 1.22 bits per heavy atom. The highest BCUT2D eigenvalue weighted by molar-refractivity contribution is 7.15.